The summed E-state index contributed by atoms with van der Waals surface area (Å²) in [4.78, 5) is 0. The van der Waals surface area contributed by atoms with E-state index in [1.54, 1.807) is 5.56 Å². The molecule has 4 fully saturated rings. The highest BCUT2D eigenvalue weighted by Gasteiger charge is 2.51. The first-order chi connectivity index (χ1) is 21.1. The van der Waals surface area contributed by atoms with Crippen LogP contribution in [0.3, 0.4) is 0 Å². The van der Waals surface area contributed by atoms with Gasteiger partial charge in [-0.2, -0.15) is 0 Å². The molecule has 0 saturated heterocycles. The van der Waals surface area contributed by atoms with Crippen LogP contribution >= 0.6 is 0 Å². The quantitative estimate of drug-likeness (QED) is 0.216. The Kier molecular flexibility index (Phi) is 4.85. The SMILES string of the molecule is Cc1cc(-c2ccc(C34CC5CC(CC(C5)C3)C4)cc2)cc2c1oc1c(-c3cccc4c3oc3ccccc34)cccc12. The summed E-state index contributed by atoms with van der Waals surface area (Å²) in [5.41, 5.74) is 11.6. The fourth-order valence-corrected chi connectivity index (χ4v) is 9.89. The van der Waals surface area contributed by atoms with E-state index in [0.717, 1.165) is 67.4 Å². The van der Waals surface area contributed by atoms with Gasteiger partial charge in [0.2, 0.25) is 0 Å². The summed E-state index contributed by atoms with van der Waals surface area (Å²) in [6, 6.07) is 35.5. The zero-order chi connectivity index (χ0) is 28.3. The number of fused-ring (bicyclic) bond motifs is 6. The Labute approximate surface area is 251 Å². The molecule has 0 radical (unpaired) electrons. The van der Waals surface area contributed by atoms with Crippen molar-refractivity contribution in [3.05, 3.63) is 108 Å². The molecule has 2 heterocycles. The van der Waals surface area contributed by atoms with Gasteiger partial charge in [0.05, 0.1) is 0 Å². The van der Waals surface area contributed by atoms with Crippen molar-refractivity contribution in [2.45, 2.75) is 50.9 Å². The second kappa shape index (κ2) is 8.63. The van der Waals surface area contributed by atoms with Gasteiger partial charge in [0.1, 0.15) is 22.3 Å². The Bertz CT molecular complexity index is 2190. The smallest absolute Gasteiger partial charge is 0.143 e. The minimum atomic E-state index is 0.438. The van der Waals surface area contributed by atoms with Crippen molar-refractivity contribution in [3.8, 4) is 22.3 Å². The molecule has 4 aliphatic rings. The van der Waals surface area contributed by atoms with E-state index in [1.807, 2.05) is 12.1 Å². The molecule has 2 nitrogen and oxygen atoms in total. The third-order valence-corrected chi connectivity index (χ3v) is 11.3. The lowest BCUT2D eigenvalue weighted by Crippen LogP contribution is -2.48. The van der Waals surface area contributed by atoms with Crippen molar-refractivity contribution < 1.29 is 8.83 Å². The highest BCUT2D eigenvalue weighted by molar-refractivity contribution is 6.15. The second-order valence-corrected chi connectivity index (χ2v) is 14.0. The summed E-state index contributed by atoms with van der Waals surface area (Å²) >= 11 is 0. The third-order valence-electron chi connectivity index (χ3n) is 11.3. The van der Waals surface area contributed by atoms with Gasteiger partial charge in [-0.05, 0) is 109 Å². The first-order valence-electron chi connectivity index (χ1n) is 16.1. The number of hydrogen-bond donors (Lipinski definition) is 0. The lowest BCUT2D eigenvalue weighted by molar-refractivity contribution is -0.00518. The summed E-state index contributed by atoms with van der Waals surface area (Å²) in [6.45, 7) is 2.18. The molecule has 0 amide bonds. The molecule has 4 saturated carbocycles. The number of para-hydroxylation sites is 3. The molecule has 4 aliphatic carbocycles. The van der Waals surface area contributed by atoms with Gasteiger partial charge in [0.15, 0.2) is 0 Å². The average Bonchev–Trinajstić information content (AvgIpc) is 3.60. The normalized spacial score (nSPS) is 24.6. The lowest BCUT2D eigenvalue weighted by Gasteiger charge is -2.57. The lowest BCUT2D eigenvalue weighted by atomic mass is 9.48. The maximum absolute atomic E-state index is 6.70. The van der Waals surface area contributed by atoms with Crippen molar-refractivity contribution in [3.63, 3.8) is 0 Å². The van der Waals surface area contributed by atoms with Gasteiger partial charge in [0, 0.05) is 32.7 Å². The van der Waals surface area contributed by atoms with Crippen LogP contribution in [-0.2, 0) is 5.41 Å². The third kappa shape index (κ3) is 3.47. The number of hydrogen-bond acceptors (Lipinski definition) is 2. The molecular weight excluding hydrogens is 524 g/mol. The molecule has 210 valence electrons. The molecular formula is C41H34O2. The Morgan fingerprint density at radius 1 is 0.535 bits per heavy atom. The predicted molar refractivity (Wildman–Crippen MR) is 176 cm³/mol. The van der Waals surface area contributed by atoms with Crippen LogP contribution in [0.5, 0.6) is 0 Å². The second-order valence-electron chi connectivity index (χ2n) is 14.0. The Morgan fingerprint density at radius 2 is 1.14 bits per heavy atom. The standard InChI is InChI=1S/C41H34O2/c1-24-16-29(28-12-14-30(15-13-28)41-21-25-17-26(22-41)19-27(18-25)23-41)20-36-35-10-5-9-34(40(35)43-38(24)36)33-8-4-7-32-31-6-2-3-11-37(31)42-39(32)33/h2-16,20,25-27H,17-19,21-23H2,1H3. The maximum atomic E-state index is 6.70. The van der Waals surface area contributed by atoms with Crippen LogP contribution in [0.15, 0.2) is 106 Å². The Hall–Kier alpha value is -4.30. The molecule has 0 unspecified atom stereocenters. The number of furan rings is 2. The van der Waals surface area contributed by atoms with Gasteiger partial charge in [-0.1, -0.05) is 78.9 Å². The van der Waals surface area contributed by atoms with Crippen LogP contribution < -0.4 is 0 Å². The van der Waals surface area contributed by atoms with Crippen LogP contribution in [0, 0.1) is 24.7 Å². The van der Waals surface area contributed by atoms with E-state index in [0.29, 0.717) is 5.41 Å². The summed E-state index contributed by atoms with van der Waals surface area (Å²) in [5.74, 6) is 2.90. The van der Waals surface area contributed by atoms with E-state index < -0.39 is 0 Å². The van der Waals surface area contributed by atoms with Crippen LogP contribution in [0.1, 0.15) is 49.7 Å². The fourth-order valence-electron chi connectivity index (χ4n) is 9.89. The average molecular weight is 559 g/mol. The van der Waals surface area contributed by atoms with E-state index in [-0.39, 0.29) is 0 Å². The predicted octanol–water partition coefficient (Wildman–Crippen LogP) is 11.6. The van der Waals surface area contributed by atoms with Gasteiger partial charge in [-0.3, -0.25) is 0 Å². The maximum Gasteiger partial charge on any atom is 0.143 e. The fraction of sp³-hybridized carbons (Fsp3) is 0.268. The van der Waals surface area contributed by atoms with E-state index in [4.69, 9.17) is 8.83 Å². The zero-order valence-corrected chi connectivity index (χ0v) is 24.5. The highest BCUT2D eigenvalue weighted by atomic mass is 16.3. The van der Waals surface area contributed by atoms with E-state index in [1.165, 1.54) is 60.6 Å². The molecule has 0 aliphatic heterocycles. The molecule has 11 rings (SSSR count). The van der Waals surface area contributed by atoms with Crippen LogP contribution in [0.4, 0.5) is 0 Å². The molecule has 4 bridgehead atoms. The van der Waals surface area contributed by atoms with Gasteiger partial charge in [-0.15, -0.1) is 0 Å². The summed E-state index contributed by atoms with van der Waals surface area (Å²) in [5, 5.41) is 4.60. The number of aryl methyl sites for hydroxylation is 1. The number of benzene rings is 5. The van der Waals surface area contributed by atoms with Crippen molar-refractivity contribution in [1.82, 2.24) is 0 Å². The summed E-state index contributed by atoms with van der Waals surface area (Å²) < 4.78 is 13.1. The van der Waals surface area contributed by atoms with Crippen molar-refractivity contribution >= 4 is 43.9 Å². The Morgan fingerprint density at radius 3 is 1.84 bits per heavy atom. The monoisotopic (exact) mass is 558 g/mol. The van der Waals surface area contributed by atoms with Gasteiger partial charge < -0.3 is 8.83 Å². The van der Waals surface area contributed by atoms with Gasteiger partial charge >= 0.3 is 0 Å². The minimum Gasteiger partial charge on any atom is -0.455 e. The first kappa shape index (κ1) is 24.2. The molecule has 0 spiro atoms. The largest absolute Gasteiger partial charge is 0.455 e. The van der Waals surface area contributed by atoms with Crippen molar-refractivity contribution in [1.29, 1.82) is 0 Å². The molecule has 43 heavy (non-hydrogen) atoms. The minimum absolute atomic E-state index is 0.438. The molecule has 2 aromatic heterocycles. The molecule has 2 heteroatoms. The van der Waals surface area contributed by atoms with E-state index >= 15 is 0 Å². The summed E-state index contributed by atoms with van der Waals surface area (Å²) in [6.07, 6.45) is 8.71. The van der Waals surface area contributed by atoms with E-state index in [2.05, 4.69) is 91.9 Å². The van der Waals surface area contributed by atoms with E-state index in [9.17, 15) is 0 Å². The van der Waals surface area contributed by atoms with Crippen LogP contribution in [0.25, 0.3) is 66.1 Å². The van der Waals surface area contributed by atoms with Crippen LogP contribution in [-0.4, -0.2) is 0 Å². The van der Waals surface area contributed by atoms with Gasteiger partial charge in [-0.25, -0.2) is 0 Å². The van der Waals surface area contributed by atoms with Crippen molar-refractivity contribution in [2.24, 2.45) is 17.8 Å². The number of rotatable bonds is 3. The topological polar surface area (TPSA) is 26.3 Å². The Balaban J connectivity index is 1.08. The molecule has 0 atom stereocenters. The summed E-state index contributed by atoms with van der Waals surface area (Å²) in [7, 11) is 0. The van der Waals surface area contributed by atoms with Crippen molar-refractivity contribution in [2.75, 3.05) is 0 Å². The molecule has 7 aromatic rings. The molecule has 0 N–H and O–H groups in total. The first-order valence-corrected chi connectivity index (χ1v) is 16.1. The van der Waals surface area contributed by atoms with Crippen LogP contribution in [0.2, 0.25) is 0 Å². The van der Waals surface area contributed by atoms with Gasteiger partial charge in [0.25, 0.3) is 0 Å². The zero-order valence-electron chi connectivity index (χ0n) is 24.5. The highest BCUT2D eigenvalue weighted by Crippen LogP contribution is 2.60. The molecule has 5 aromatic carbocycles.